The molecule has 5 N–H and O–H groups in total. The second-order valence-corrected chi connectivity index (χ2v) is 3.95. The van der Waals surface area contributed by atoms with Crippen LogP contribution in [0.5, 0.6) is 0 Å². The zero-order valence-corrected chi connectivity index (χ0v) is 9.21. The molecule has 0 aromatic heterocycles. The average molecular weight is 213 g/mol. The first-order valence-electron chi connectivity index (χ1n) is 5.47. The lowest BCUT2D eigenvalue weighted by atomic mass is 9.95. The molecule has 82 valence electrons. The van der Waals surface area contributed by atoms with Crippen molar-refractivity contribution < 1.29 is 5.73 Å². The minimum absolute atomic E-state index is 0.0522. The van der Waals surface area contributed by atoms with Gasteiger partial charge in [0.05, 0.1) is 6.04 Å². The summed E-state index contributed by atoms with van der Waals surface area (Å²) < 4.78 is 0. The van der Waals surface area contributed by atoms with E-state index in [9.17, 15) is 0 Å². The van der Waals surface area contributed by atoms with Gasteiger partial charge < -0.3 is 11.5 Å². The molecule has 2 rings (SSSR count). The highest BCUT2D eigenvalue weighted by Crippen LogP contribution is 2.22. The molecule has 2 nitrogen and oxygen atoms in total. The first-order chi connectivity index (χ1) is 7.79. The second-order valence-electron chi connectivity index (χ2n) is 3.95. The zero-order chi connectivity index (χ0) is 11.4. The molecule has 0 aliphatic carbocycles. The third-order valence-electron chi connectivity index (χ3n) is 2.85. The minimum Gasteiger partial charge on any atom is -0.350 e. The Bertz CT molecular complexity index is 382. The Morgan fingerprint density at radius 3 is 1.69 bits per heavy atom. The molecule has 2 aromatic rings. The molecule has 0 radical (unpaired) electrons. The SMILES string of the molecule is N[C@H](c1ccccc1)[C@@H]([NH3+])c1ccccc1. The van der Waals surface area contributed by atoms with Crippen LogP contribution in [0.2, 0.25) is 0 Å². The van der Waals surface area contributed by atoms with Crippen LogP contribution in [-0.4, -0.2) is 0 Å². The van der Waals surface area contributed by atoms with Gasteiger partial charge >= 0.3 is 0 Å². The Kier molecular flexibility index (Phi) is 3.34. The molecule has 2 aromatic carbocycles. The van der Waals surface area contributed by atoms with Gasteiger partial charge in [0.15, 0.2) is 0 Å². The lowest BCUT2D eigenvalue weighted by Gasteiger charge is -2.17. The van der Waals surface area contributed by atoms with Crippen molar-refractivity contribution in [3.8, 4) is 0 Å². The summed E-state index contributed by atoms with van der Waals surface area (Å²) in [6.45, 7) is 0. The summed E-state index contributed by atoms with van der Waals surface area (Å²) in [5, 5.41) is 0. The maximum absolute atomic E-state index is 6.21. The molecule has 0 amide bonds. The van der Waals surface area contributed by atoms with E-state index in [0.29, 0.717) is 0 Å². The van der Waals surface area contributed by atoms with E-state index < -0.39 is 0 Å². The lowest BCUT2D eigenvalue weighted by molar-refractivity contribution is -0.432. The van der Waals surface area contributed by atoms with E-state index in [1.807, 2.05) is 48.5 Å². The van der Waals surface area contributed by atoms with Crippen molar-refractivity contribution in [2.24, 2.45) is 5.73 Å². The molecule has 0 saturated carbocycles. The Labute approximate surface area is 95.9 Å². The monoisotopic (exact) mass is 213 g/mol. The first kappa shape index (κ1) is 10.9. The van der Waals surface area contributed by atoms with Gasteiger partial charge in [0.2, 0.25) is 0 Å². The van der Waals surface area contributed by atoms with E-state index in [-0.39, 0.29) is 12.1 Å². The molecular weight excluding hydrogens is 196 g/mol. The third kappa shape index (κ3) is 2.30. The molecule has 2 heteroatoms. The van der Waals surface area contributed by atoms with E-state index in [1.165, 1.54) is 5.56 Å². The van der Waals surface area contributed by atoms with Gasteiger partial charge in [-0.15, -0.1) is 0 Å². The summed E-state index contributed by atoms with van der Waals surface area (Å²) >= 11 is 0. The van der Waals surface area contributed by atoms with Crippen LogP contribution < -0.4 is 11.5 Å². The second kappa shape index (κ2) is 4.92. The molecule has 2 atom stereocenters. The van der Waals surface area contributed by atoms with Crippen molar-refractivity contribution in [1.29, 1.82) is 0 Å². The summed E-state index contributed by atoms with van der Waals surface area (Å²) in [5.41, 5.74) is 12.7. The predicted octanol–water partition coefficient (Wildman–Crippen LogP) is 1.67. The first-order valence-corrected chi connectivity index (χ1v) is 5.47. The highest BCUT2D eigenvalue weighted by atomic mass is 14.8. The van der Waals surface area contributed by atoms with Crippen molar-refractivity contribution in [2.45, 2.75) is 12.1 Å². The molecule has 0 fully saturated rings. The molecule has 0 aliphatic rings. The van der Waals surface area contributed by atoms with Gasteiger partial charge in [-0.2, -0.15) is 0 Å². The summed E-state index contributed by atoms with van der Waals surface area (Å²) in [6.07, 6.45) is 0. The van der Waals surface area contributed by atoms with Crippen molar-refractivity contribution in [2.75, 3.05) is 0 Å². The number of hydrogen-bond acceptors (Lipinski definition) is 1. The van der Waals surface area contributed by atoms with Crippen molar-refractivity contribution >= 4 is 0 Å². The highest BCUT2D eigenvalue weighted by Gasteiger charge is 2.19. The fourth-order valence-corrected chi connectivity index (χ4v) is 1.82. The van der Waals surface area contributed by atoms with Crippen molar-refractivity contribution in [1.82, 2.24) is 0 Å². The van der Waals surface area contributed by atoms with E-state index in [1.54, 1.807) is 0 Å². The van der Waals surface area contributed by atoms with Gasteiger partial charge in [-0.05, 0) is 5.56 Å². The summed E-state index contributed by atoms with van der Waals surface area (Å²) in [6, 6.07) is 20.3. The summed E-state index contributed by atoms with van der Waals surface area (Å²) in [4.78, 5) is 0. The van der Waals surface area contributed by atoms with Gasteiger partial charge in [-0.25, -0.2) is 0 Å². The van der Waals surface area contributed by atoms with Crippen LogP contribution >= 0.6 is 0 Å². The molecule has 0 saturated heterocycles. The largest absolute Gasteiger partial charge is 0.350 e. The van der Waals surface area contributed by atoms with Gasteiger partial charge in [-0.1, -0.05) is 60.7 Å². The van der Waals surface area contributed by atoms with Crippen LogP contribution in [0.15, 0.2) is 60.7 Å². The maximum Gasteiger partial charge on any atom is 0.130 e. The van der Waals surface area contributed by atoms with Crippen LogP contribution in [0.1, 0.15) is 23.2 Å². The molecule has 0 bridgehead atoms. The van der Waals surface area contributed by atoms with Crippen LogP contribution in [0.4, 0.5) is 0 Å². The molecule has 0 unspecified atom stereocenters. The minimum atomic E-state index is -0.0522. The third-order valence-corrected chi connectivity index (χ3v) is 2.85. The fraction of sp³-hybridized carbons (Fsp3) is 0.143. The van der Waals surface area contributed by atoms with Crippen LogP contribution in [0.25, 0.3) is 0 Å². The average Bonchev–Trinajstić information content (AvgIpc) is 2.39. The van der Waals surface area contributed by atoms with Crippen LogP contribution in [-0.2, 0) is 0 Å². The van der Waals surface area contributed by atoms with Gasteiger partial charge in [0.1, 0.15) is 6.04 Å². The molecule has 0 aliphatic heterocycles. The van der Waals surface area contributed by atoms with Gasteiger partial charge in [0, 0.05) is 5.56 Å². The van der Waals surface area contributed by atoms with Crippen LogP contribution in [0.3, 0.4) is 0 Å². The van der Waals surface area contributed by atoms with Crippen LogP contribution in [0, 0.1) is 0 Å². The van der Waals surface area contributed by atoms with E-state index in [0.717, 1.165) is 5.56 Å². The van der Waals surface area contributed by atoms with E-state index >= 15 is 0 Å². The number of rotatable bonds is 3. The smallest absolute Gasteiger partial charge is 0.130 e. The summed E-state index contributed by atoms with van der Waals surface area (Å²) in [7, 11) is 0. The molecule has 0 heterocycles. The number of benzene rings is 2. The molecule has 0 spiro atoms. The number of quaternary nitrogens is 1. The number of nitrogens with two attached hydrogens (primary N) is 1. The summed E-state index contributed by atoms with van der Waals surface area (Å²) in [5.74, 6) is 0. The lowest BCUT2D eigenvalue weighted by Crippen LogP contribution is -2.57. The van der Waals surface area contributed by atoms with E-state index in [4.69, 9.17) is 5.73 Å². The Morgan fingerprint density at radius 2 is 1.19 bits per heavy atom. The normalized spacial score (nSPS) is 14.4. The molecular formula is C14H17N2+. The Balaban J connectivity index is 2.20. The Hall–Kier alpha value is -1.64. The molecule has 16 heavy (non-hydrogen) atoms. The van der Waals surface area contributed by atoms with Gasteiger partial charge in [-0.3, -0.25) is 0 Å². The number of hydrogen-bond donors (Lipinski definition) is 2. The van der Waals surface area contributed by atoms with E-state index in [2.05, 4.69) is 17.9 Å². The zero-order valence-electron chi connectivity index (χ0n) is 9.21. The van der Waals surface area contributed by atoms with Crippen molar-refractivity contribution in [3.63, 3.8) is 0 Å². The predicted molar refractivity (Wildman–Crippen MR) is 65.4 cm³/mol. The van der Waals surface area contributed by atoms with Crippen molar-refractivity contribution in [3.05, 3.63) is 71.8 Å². The Morgan fingerprint density at radius 1 is 0.750 bits per heavy atom. The standard InChI is InChI=1S/C14H16N2/c15-13(11-7-3-1-4-8-11)14(16)12-9-5-2-6-10-12/h1-10,13-14H,15-16H2/p+1/t13-,14+. The quantitative estimate of drug-likeness (QED) is 0.800. The highest BCUT2D eigenvalue weighted by molar-refractivity contribution is 5.25. The topological polar surface area (TPSA) is 53.7 Å². The van der Waals surface area contributed by atoms with Gasteiger partial charge in [0.25, 0.3) is 0 Å². The maximum atomic E-state index is 6.21. The fourth-order valence-electron chi connectivity index (χ4n) is 1.82.